The van der Waals surface area contributed by atoms with Crippen LogP contribution in [0.25, 0.3) is 0 Å². The van der Waals surface area contributed by atoms with Gasteiger partial charge in [-0.2, -0.15) is 0 Å². The van der Waals surface area contributed by atoms with Gasteiger partial charge in [-0.25, -0.2) is 4.79 Å². The van der Waals surface area contributed by atoms with Crippen LogP contribution in [0, 0.1) is 5.92 Å². The number of likely N-dealkylation sites (tertiary alicyclic amines) is 1. The summed E-state index contributed by atoms with van der Waals surface area (Å²) in [7, 11) is 1.70. The van der Waals surface area contributed by atoms with E-state index in [0.717, 1.165) is 12.3 Å². The Morgan fingerprint density at radius 2 is 1.77 bits per heavy atom. The lowest BCUT2D eigenvalue weighted by Gasteiger charge is -2.51. The summed E-state index contributed by atoms with van der Waals surface area (Å²) in [6, 6.07) is 9.31. The van der Waals surface area contributed by atoms with E-state index in [-0.39, 0.29) is 11.6 Å². The Balaban J connectivity index is 1.64. The van der Waals surface area contributed by atoms with Crippen molar-refractivity contribution in [2.24, 2.45) is 5.92 Å². The minimum atomic E-state index is -0.210. The fourth-order valence-electron chi connectivity index (χ4n) is 5.19. The third-order valence-corrected chi connectivity index (χ3v) is 6.28. The number of fused-ring (bicyclic) bond motifs is 2. The van der Waals surface area contributed by atoms with E-state index in [0.29, 0.717) is 23.9 Å². The van der Waals surface area contributed by atoms with Gasteiger partial charge >= 0.3 is 6.03 Å². The number of hydrogen-bond donors (Lipinski definition) is 1. The molecule has 2 amide bonds. The zero-order chi connectivity index (χ0) is 18.5. The average Bonchev–Trinajstić information content (AvgIpc) is 3.04. The third-order valence-electron chi connectivity index (χ3n) is 6.28. The molecule has 1 aromatic rings. The van der Waals surface area contributed by atoms with Gasteiger partial charge in [0.15, 0.2) is 0 Å². The van der Waals surface area contributed by atoms with Crippen molar-refractivity contribution < 1.29 is 9.53 Å². The summed E-state index contributed by atoms with van der Waals surface area (Å²) in [4.78, 5) is 17.8. The highest BCUT2D eigenvalue weighted by molar-refractivity contribution is 5.76. The molecule has 0 saturated carbocycles. The molecule has 0 spiro atoms. The van der Waals surface area contributed by atoms with Crippen molar-refractivity contribution in [3.05, 3.63) is 29.8 Å². The van der Waals surface area contributed by atoms with E-state index in [4.69, 9.17) is 4.74 Å². The molecule has 4 aliphatic heterocycles. The first-order chi connectivity index (χ1) is 12.4. The summed E-state index contributed by atoms with van der Waals surface area (Å²) in [5, 5.41) is 3.19. The van der Waals surface area contributed by atoms with Crippen LogP contribution in [0.15, 0.2) is 24.3 Å². The molecular weight excluding hydrogens is 326 g/mol. The highest BCUT2D eigenvalue weighted by Gasteiger charge is 2.54. The van der Waals surface area contributed by atoms with Gasteiger partial charge in [0, 0.05) is 24.0 Å². The second-order valence-electron chi connectivity index (χ2n) is 9.07. The molecule has 4 fully saturated rings. The summed E-state index contributed by atoms with van der Waals surface area (Å²) < 4.78 is 5.32. The van der Waals surface area contributed by atoms with E-state index >= 15 is 0 Å². The summed E-state index contributed by atoms with van der Waals surface area (Å²) in [6.45, 7) is 9.30. The molecule has 0 aliphatic carbocycles. The number of nitrogens with zero attached hydrogens (tertiary/aromatic N) is 2. The number of ether oxygens (including phenoxy) is 1. The van der Waals surface area contributed by atoms with Gasteiger partial charge in [-0.05, 0) is 70.3 Å². The molecular formula is C21H31N3O2. The second-order valence-corrected chi connectivity index (χ2v) is 9.07. The SMILES string of the molecule is COc1ccc([C@@H]2CN(C(=O)NC(C)(C)C)[C@@H]3C4CCN(CC4)[C@@H]32)cc1. The number of hydrogen-bond acceptors (Lipinski definition) is 3. The van der Waals surface area contributed by atoms with Crippen molar-refractivity contribution >= 4 is 6.03 Å². The molecule has 5 heteroatoms. The van der Waals surface area contributed by atoms with E-state index in [2.05, 4.69) is 48.0 Å². The Kier molecular flexibility index (Phi) is 4.38. The van der Waals surface area contributed by atoms with E-state index in [1.54, 1.807) is 7.11 Å². The first kappa shape index (κ1) is 17.7. The average molecular weight is 357 g/mol. The van der Waals surface area contributed by atoms with Gasteiger partial charge in [0.05, 0.1) is 13.2 Å². The Bertz CT molecular complexity index is 659. The molecule has 4 aliphatic rings. The Morgan fingerprint density at radius 3 is 2.35 bits per heavy atom. The number of amides is 2. The van der Waals surface area contributed by atoms with Gasteiger partial charge in [-0.1, -0.05) is 12.1 Å². The number of rotatable bonds is 2. The summed E-state index contributed by atoms with van der Waals surface area (Å²) in [5.41, 5.74) is 1.11. The molecule has 1 N–H and O–H groups in total. The monoisotopic (exact) mass is 357 g/mol. The van der Waals surface area contributed by atoms with Crippen LogP contribution in [0.3, 0.4) is 0 Å². The zero-order valence-corrected chi connectivity index (χ0v) is 16.4. The molecule has 4 heterocycles. The number of methoxy groups -OCH3 is 1. The lowest BCUT2D eigenvalue weighted by molar-refractivity contribution is 0.00297. The molecule has 26 heavy (non-hydrogen) atoms. The van der Waals surface area contributed by atoms with E-state index in [1.165, 1.54) is 31.5 Å². The summed E-state index contributed by atoms with van der Waals surface area (Å²) in [5.74, 6) is 1.90. The number of carbonyl (C=O) groups is 1. The maximum atomic E-state index is 13.0. The maximum absolute atomic E-state index is 13.0. The smallest absolute Gasteiger partial charge is 0.318 e. The molecule has 0 aromatic heterocycles. The number of urea groups is 1. The van der Waals surface area contributed by atoms with E-state index in [9.17, 15) is 4.79 Å². The second kappa shape index (κ2) is 6.45. The summed E-state index contributed by atoms with van der Waals surface area (Å²) >= 11 is 0. The minimum Gasteiger partial charge on any atom is -0.497 e. The number of piperidine rings is 3. The van der Waals surface area contributed by atoms with Crippen LogP contribution >= 0.6 is 0 Å². The fourth-order valence-corrected chi connectivity index (χ4v) is 5.19. The molecule has 2 bridgehead atoms. The molecule has 0 radical (unpaired) electrons. The van der Waals surface area contributed by atoms with Crippen LogP contribution < -0.4 is 10.1 Å². The minimum absolute atomic E-state index is 0.0947. The number of benzene rings is 1. The molecule has 4 saturated heterocycles. The molecule has 142 valence electrons. The highest BCUT2D eigenvalue weighted by atomic mass is 16.5. The van der Waals surface area contributed by atoms with Gasteiger partial charge < -0.3 is 15.0 Å². The highest BCUT2D eigenvalue weighted by Crippen LogP contribution is 2.46. The Morgan fingerprint density at radius 1 is 1.12 bits per heavy atom. The number of nitrogens with one attached hydrogen (secondary N) is 1. The predicted molar refractivity (Wildman–Crippen MR) is 103 cm³/mol. The van der Waals surface area contributed by atoms with Crippen molar-refractivity contribution in [1.82, 2.24) is 15.1 Å². The van der Waals surface area contributed by atoms with Gasteiger partial charge in [-0.15, -0.1) is 0 Å². The molecule has 5 rings (SSSR count). The standard InChI is InChI=1S/C21H31N3O2/c1-21(2,3)22-20(25)24-13-17(14-5-7-16(26-4)8-6-14)19-18(24)15-9-11-23(19)12-10-15/h5-8,15,17-19H,9-13H2,1-4H3,(H,22,25)/t17-,18+,19+/m0/s1. The van der Waals surface area contributed by atoms with Crippen LogP contribution in [0.1, 0.15) is 45.1 Å². The Labute approximate surface area is 156 Å². The van der Waals surface area contributed by atoms with Gasteiger partial charge in [0.25, 0.3) is 0 Å². The van der Waals surface area contributed by atoms with Crippen molar-refractivity contribution in [3.63, 3.8) is 0 Å². The lowest BCUT2D eigenvalue weighted by atomic mass is 9.75. The molecule has 5 nitrogen and oxygen atoms in total. The van der Waals surface area contributed by atoms with Crippen molar-refractivity contribution in [2.45, 2.75) is 57.2 Å². The van der Waals surface area contributed by atoms with Crippen LogP contribution in [0.5, 0.6) is 5.75 Å². The van der Waals surface area contributed by atoms with Gasteiger partial charge in [0.2, 0.25) is 0 Å². The van der Waals surface area contributed by atoms with Crippen molar-refractivity contribution in [3.8, 4) is 5.75 Å². The first-order valence-corrected chi connectivity index (χ1v) is 9.84. The van der Waals surface area contributed by atoms with Crippen molar-refractivity contribution in [2.75, 3.05) is 26.7 Å². The van der Waals surface area contributed by atoms with Crippen LogP contribution in [0.2, 0.25) is 0 Å². The normalized spacial score (nSPS) is 33.1. The Hall–Kier alpha value is -1.75. The topological polar surface area (TPSA) is 44.8 Å². The fraction of sp³-hybridized carbons (Fsp3) is 0.667. The van der Waals surface area contributed by atoms with Gasteiger partial charge in [-0.3, -0.25) is 4.90 Å². The van der Waals surface area contributed by atoms with Gasteiger partial charge in [0.1, 0.15) is 5.75 Å². The molecule has 0 unspecified atom stereocenters. The molecule has 3 atom stereocenters. The predicted octanol–water partition coefficient (Wildman–Crippen LogP) is 3.07. The summed E-state index contributed by atoms with van der Waals surface area (Å²) in [6.07, 6.45) is 2.44. The number of carbonyl (C=O) groups excluding carboxylic acids is 1. The van der Waals surface area contributed by atoms with Crippen LogP contribution in [-0.2, 0) is 0 Å². The molecule has 1 aromatic carbocycles. The van der Waals surface area contributed by atoms with Crippen molar-refractivity contribution in [1.29, 1.82) is 0 Å². The largest absolute Gasteiger partial charge is 0.497 e. The van der Waals surface area contributed by atoms with E-state index in [1.807, 2.05) is 12.1 Å². The zero-order valence-electron chi connectivity index (χ0n) is 16.4. The van der Waals surface area contributed by atoms with Crippen LogP contribution in [-0.4, -0.2) is 60.2 Å². The quantitative estimate of drug-likeness (QED) is 0.885. The third kappa shape index (κ3) is 3.07. The van der Waals surface area contributed by atoms with Crippen LogP contribution in [0.4, 0.5) is 4.79 Å². The van der Waals surface area contributed by atoms with E-state index < -0.39 is 0 Å². The maximum Gasteiger partial charge on any atom is 0.318 e. The first-order valence-electron chi connectivity index (χ1n) is 9.84. The lowest BCUT2D eigenvalue weighted by Crippen LogP contribution is -2.62.